The summed E-state index contributed by atoms with van der Waals surface area (Å²) in [4.78, 5) is 16.4. The molecule has 1 aliphatic heterocycles. The van der Waals surface area contributed by atoms with Gasteiger partial charge in [-0.15, -0.1) is 0 Å². The second kappa shape index (κ2) is 9.81. The summed E-state index contributed by atoms with van der Waals surface area (Å²) >= 11 is 0. The van der Waals surface area contributed by atoms with Crippen molar-refractivity contribution in [3.8, 4) is 5.75 Å². The first-order chi connectivity index (χ1) is 16.2. The number of nitrogens with one attached hydrogen (secondary N) is 1. The zero-order valence-corrected chi connectivity index (χ0v) is 19.0. The highest BCUT2D eigenvalue weighted by atomic mass is 16.5. The number of benzene rings is 1. The van der Waals surface area contributed by atoms with E-state index in [0.29, 0.717) is 12.5 Å². The van der Waals surface area contributed by atoms with Gasteiger partial charge in [-0.25, -0.2) is 0 Å². The Bertz CT molecular complexity index is 1120. The second-order valence-corrected chi connectivity index (χ2v) is 9.30. The number of aliphatic carboxylic acids is 1. The molecule has 2 N–H and O–H groups in total. The van der Waals surface area contributed by atoms with Gasteiger partial charge in [-0.2, -0.15) is 5.10 Å². The SMILES string of the molecule is O=C(O)CC(C1CCCCC1)n1ncc2cc(OCCc3ccc4c(n3)CCCN4)ccc21. The summed E-state index contributed by atoms with van der Waals surface area (Å²) in [5, 5.41) is 18.5. The number of aromatic nitrogens is 3. The highest BCUT2D eigenvalue weighted by Crippen LogP contribution is 2.36. The minimum atomic E-state index is -0.763. The van der Waals surface area contributed by atoms with Gasteiger partial charge in [-0.05, 0) is 61.9 Å². The maximum atomic E-state index is 11.6. The summed E-state index contributed by atoms with van der Waals surface area (Å²) < 4.78 is 7.96. The van der Waals surface area contributed by atoms with E-state index in [2.05, 4.69) is 22.5 Å². The van der Waals surface area contributed by atoms with Crippen molar-refractivity contribution in [1.82, 2.24) is 14.8 Å². The van der Waals surface area contributed by atoms with E-state index < -0.39 is 5.97 Å². The van der Waals surface area contributed by atoms with Crippen LogP contribution in [-0.2, 0) is 17.6 Å². The number of carbonyl (C=O) groups is 1. The molecule has 1 unspecified atom stereocenters. The molecule has 0 spiro atoms. The summed E-state index contributed by atoms with van der Waals surface area (Å²) in [6.07, 6.45) is 10.6. The van der Waals surface area contributed by atoms with Crippen LogP contribution in [-0.4, -0.2) is 39.0 Å². The number of fused-ring (bicyclic) bond motifs is 2. The first-order valence-electron chi connectivity index (χ1n) is 12.2. The maximum Gasteiger partial charge on any atom is 0.305 e. The summed E-state index contributed by atoms with van der Waals surface area (Å²) in [6.45, 7) is 1.58. The van der Waals surface area contributed by atoms with Crippen LogP contribution in [0.4, 0.5) is 5.69 Å². The normalized spacial score (nSPS) is 17.3. The first kappa shape index (κ1) is 21.7. The highest BCUT2D eigenvalue weighted by Gasteiger charge is 2.28. The monoisotopic (exact) mass is 448 g/mol. The molecule has 5 rings (SSSR count). The Labute approximate surface area is 194 Å². The van der Waals surface area contributed by atoms with Gasteiger partial charge in [0.05, 0.1) is 42.2 Å². The molecule has 7 heteroatoms. The molecular formula is C26H32N4O3. The molecule has 3 heterocycles. The topological polar surface area (TPSA) is 89.3 Å². The first-order valence-corrected chi connectivity index (χ1v) is 12.2. The number of carboxylic acids is 1. The van der Waals surface area contributed by atoms with Crippen LogP contribution in [0.3, 0.4) is 0 Å². The van der Waals surface area contributed by atoms with Gasteiger partial charge in [0.1, 0.15) is 5.75 Å². The average Bonchev–Trinajstić information content (AvgIpc) is 3.26. The molecule has 33 heavy (non-hydrogen) atoms. The van der Waals surface area contributed by atoms with Gasteiger partial charge in [-0.3, -0.25) is 14.5 Å². The van der Waals surface area contributed by atoms with Crippen molar-refractivity contribution in [1.29, 1.82) is 0 Å². The van der Waals surface area contributed by atoms with Gasteiger partial charge in [0, 0.05) is 24.0 Å². The van der Waals surface area contributed by atoms with Crippen molar-refractivity contribution >= 4 is 22.6 Å². The Balaban J connectivity index is 1.27. The lowest BCUT2D eigenvalue weighted by Gasteiger charge is -2.30. The summed E-state index contributed by atoms with van der Waals surface area (Å²) in [6, 6.07) is 10.1. The molecule has 0 amide bonds. The lowest BCUT2D eigenvalue weighted by Crippen LogP contribution is -2.25. The lowest BCUT2D eigenvalue weighted by atomic mass is 9.82. The molecule has 3 aromatic rings. The van der Waals surface area contributed by atoms with E-state index in [1.54, 1.807) is 0 Å². The fourth-order valence-corrected chi connectivity index (χ4v) is 5.33. The number of hydrogen-bond donors (Lipinski definition) is 2. The van der Waals surface area contributed by atoms with Crippen LogP contribution < -0.4 is 10.1 Å². The Morgan fingerprint density at radius 3 is 2.91 bits per heavy atom. The highest BCUT2D eigenvalue weighted by molar-refractivity contribution is 5.80. The molecule has 0 radical (unpaired) electrons. The van der Waals surface area contributed by atoms with Crippen LogP contribution in [0, 0.1) is 5.92 Å². The Hall–Kier alpha value is -3.09. The largest absolute Gasteiger partial charge is 0.493 e. The van der Waals surface area contributed by atoms with Gasteiger partial charge in [-0.1, -0.05) is 19.3 Å². The number of carboxylic acid groups (broad SMARTS) is 1. The average molecular weight is 449 g/mol. The quantitative estimate of drug-likeness (QED) is 0.504. The maximum absolute atomic E-state index is 11.6. The van der Waals surface area contributed by atoms with Crippen LogP contribution >= 0.6 is 0 Å². The smallest absolute Gasteiger partial charge is 0.305 e. The minimum absolute atomic E-state index is 0.100. The third-order valence-electron chi connectivity index (χ3n) is 7.02. The Kier molecular flexibility index (Phi) is 6.46. The van der Waals surface area contributed by atoms with E-state index in [-0.39, 0.29) is 12.5 Å². The molecule has 1 saturated carbocycles. The predicted molar refractivity (Wildman–Crippen MR) is 128 cm³/mol. The van der Waals surface area contributed by atoms with Crippen LogP contribution in [0.15, 0.2) is 36.5 Å². The van der Waals surface area contributed by atoms with Crippen LogP contribution in [0.25, 0.3) is 10.9 Å². The molecular weight excluding hydrogens is 416 g/mol. The molecule has 2 aliphatic rings. The summed E-state index contributed by atoms with van der Waals surface area (Å²) in [5.74, 6) is 0.406. The van der Waals surface area contributed by atoms with E-state index in [9.17, 15) is 9.90 Å². The van der Waals surface area contributed by atoms with Gasteiger partial charge in [0.25, 0.3) is 0 Å². The Morgan fingerprint density at radius 1 is 1.18 bits per heavy atom. The van der Waals surface area contributed by atoms with Gasteiger partial charge >= 0.3 is 5.97 Å². The van der Waals surface area contributed by atoms with Crippen molar-refractivity contribution in [2.75, 3.05) is 18.5 Å². The van der Waals surface area contributed by atoms with Crippen molar-refractivity contribution in [2.45, 2.75) is 63.8 Å². The lowest BCUT2D eigenvalue weighted by molar-refractivity contribution is -0.138. The molecule has 1 aliphatic carbocycles. The van der Waals surface area contributed by atoms with Gasteiger partial charge in [0.2, 0.25) is 0 Å². The fourth-order valence-electron chi connectivity index (χ4n) is 5.33. The van der Waals surface area contributed by atoms with Gasteiger partial charge < -0.3 is 15.2 Å². The van der Waals surface area contributed by atoms with E-state index >= 15 is 0 Å². The van der Waals surface area contributed by atoms with E-state index in [1.807, 2.05) is 29.1 Å². The molecule has 0 saturated heterocycles. The number of anilines is 1. The second-order valence-electron chi connectivity index (χ2n) is 9.30. The fraction of sp³-hybridized carbons (Fsp3) is 0.500. The zero-order chi connectivity index (χ0) is 22.6. The van der Waals surface area contributed by atoms with Gasteiger partial charge in [0.15, 0.2) is 0 Å². The number of nitrogens with zero attached hydrogens (tertiary/aromatic N) is 3. The standard InChI is InChI=1S/C26H32N4O3/c31-26(32)16-25(18-5-2-1-3-6-18)30-24-11-9-21(15-19(24)17-28-30)33-14-12-20-8-10-22-23(29-20)7-4-13-27-22/h8-11,15,17-18,25,27H,1-7,12-14,16H2,(H,31,32). The molecule has 1 atom stereocenters. The number of hydrogen-bond acceptors (Lipinski definition) is 5. The minimum Gasteiger partial charge on any atom is -0.493 e. The number of aryl methyl sites for hydroxylation is 1. The number of rotatable bonds is 8. The molecule has 2 aromatic heterocycles. The van der Waals surface area contributed by atoms with Crippen molar-refractivity contribution in [3.05, 3.63) is 47.9 Å². The van der Waals surface area contributed by atoms with E-state index in [1.165, 1.54) is 19.3 Å². The number of pyridine rings is 1. The van der Waals surface area contributed by atoms with Crippen LogP contribution in [0.2, 0.25) is 0 Å². The van der Waals surface area contributed by atoms with Crippen molar-refractivity contribution in [2.24, 2.45) is 5.92 Å². The molecule has 1 fully saturated rings. The van der Waals surface area contributed by atoms with Crippen molar-refractivity contribution < 1.29 is 14.6 Å². The third kappa shape index (κ3) is 4.97. The molecule has 1 aromatic carbocycles. The summed E-state index contributed by atoms with van der Waals surface area (Å²) in [7, 11) is 0. The van der Waals surface area contributed by atoms with E-state index in [0.717, 1.165) is 72.4 Å². The van der Waals surface area contributed by atoms with Crippen molar-refractivity contribution in [3.63, 3.8) is 0 Å². The van der Waals surface area contributed by atoms with Crippen LogP contribution in [0.1, 0.15) is 62.4 Å². The van der Waals surface area contributed by atoms with E-state index in [4.69, 9.17) is 9.72 Å². The molecule has 7 nitrogen and oxygen atoms in total. The predicted octanol–water partition coefficient (Wildman–Crippen LogP) is 5.01. The molecule has 0 bridgehead atoms. The summed E-state index contributed by atoms with van der Waals surface area (Å²) in [5.41, 5.74) is 4.34. The Morgan fingerprint density at radius 2 is 2.06 bits per heavy atom. The van der Waals surface area contributed by atoms with Crippen LogP contribution in [0.5, 0.6) is 5.75 Å². The third-order valence-corrected chi connectivity index (χ3v) is 7.02. The zero-order valence-electron chi connectivity index (χ0n) is 19.0. The molecule has 174 valence electrons. The number of ether oxygens (including phenoxy) is 1.